The molecule has 0 N–H and O–H groups in total. The van der Waals surface area contributed by atoms with Crippen molar-refractivity contribution in [3.05, 3.63) is 35.9 Å². The van der Waals surface area contributed by atoms with Gasteiger partial charge < -0.3 is 14.5 Å². The Kier molecular flexibility index (Phi) is 6.20. The van der Waals surface area contributed by atoms with E-state index in [1.165, 1.54) is 12.7 Å². The Morgan fingerprint density at radius 1 is 1.19 bits per heavy atom. The van der Waals surface area contributed by atoms with Crippen LogP contribution in [0.1, 0.15) is 32.3 Å². The lowest BCUT2D eigenvalue weighted by Gasteiger charge is -2.30. The van der Waals surface area contributed by atoms with E-state index < -0.39 is 0 Å². The van der Waals surface area contributed by atoms with Crippen molar-refractivity contribution in [1.29, 1.82) is 0 Å². The number of ether oxygens (including phenoxy) is 1. The molecule has 2 fully saturated rings. The second-order valence-electron chi connectivity index (χ2n) is 8.48. The largest absolute Gasteiger partial charge is 0.469 e. The number of hydrogen-bond donors (Lipinski definition) is 0. The van der Waals surface area contributed by atoms with Crippen LogP contribution < -0.4 is 0 Å². The molecule has 27 heavy (non-hydrogen) atoms. The third kappa shape index (κ3) is 4.52. The number of methoxy groups -OCH3 is 1. The topological polar surface area (TPSA) is 49.9 Å². The van der Waals surface area contributed by atoms with Gasteiger partial charge in [0.25, 0.3) is 0 Å². The fourth-order valence-electron chi connectivity index (χ4n) is 4.74. The number of likely N-dealkylation sites (tertiary alicyclic amines) is 2. The molecule has 1 aromatic carbocycles. The second kappa shape index (κ2) is 8.42. The number of fused-ring (bicyclic) bond motifs is 1. The summed E-state index contributed by atoms with van der Waals surface area (Å²) in [7, 11) is 1.44. The Morgan fingerprint density at radius 3 is 2.59 bits per heavy atom. The number of esters is 1. The second-order valence-corrected chi connectivity index (χ2v) is 8.48. The van der Waals surface area contributed by atoms with Crippen molar-refractivity contribution in [3.8, 4) is 0 Å². The summed E-state index contributed by atoms with van der Waals surface area (Å²) in [5.74, 6) is 0.651. The third-order valence-corrected chi connectivity index (χ3v) is 6.25. The van der Waals surface area contributed by atoms with Crippen molar-refractivity contribution in [3.63, 3.8) is 0 Å². The molecule has 5 nitrogen and oxygen atoms in total. The number of amides is 1. The van der Waals surface area contributed by atoms with Crippen LogP contribution >= 0.6 is 0 Å². The summed E-state index contributed by atoms with van der Waals surface area (Å²) in [6.07, 6.45) is 2.55. The highest BCUT2D eigenvalue weighted by molar-refractivity contribution is 5.78. The van der Waals surface area contributed by atoms with Crippen LogP contribution in [0.25, 0.3) is 0 Å². The lowest BCUT2D eigenvalue weighted by Crippen LogP contribution is -2.39. The maximum atomic E-state index is 12.6. The minimum Gasteiger partial charge on any atom is -0.469 e. The number of aryl methyl sites for hydroxylation is 1. The minimum atomic E-state index is -0.151. The Balaban J connectivity index is 1.69. The van der Waals surface area contributed by atoms with Crippen molar-refractivity contribution < 1.29 is 14.3 Å². The Labute approximate surface area is 162 Å². The number of nitrogens with zero attached hydrogens (tertiary/aromatic N) is 2. The lowest BCUT2D eigenvalue weighted by atomic mass is 9.76. The van der Waals surface area contributed by atoms with Gasteiger partial charge in [0.1, 0.15) is 0 Å². The normalized spacial score (nSPS) is 25.0. The zero-order valence-electron chi connectivity index (χ0n) is 16.8. The van der Waals surface area contributed by atoms with E-state index in [9.17, 15) is 9.59 Å². The summed E-state index contributed by atoms with van der Waals surface area (Å²) >= 11 is 0. The van der Waals surface area contributed by atoms with Crippen molar-refractivity contribution >= 4 is 11.9 Å². The lowest BCUT2D eigenvalue weighted by molar-refractivity contribution is -0.140. The van der Waals surface area contributed by atoms with Crippen LogP contribution in [0.15, 0.2) is 30.3 Å². The maximum Gasteiger partial charge on any atom is 0.306 e. The molecule has 2 aliphatic rings. The van der Waals surface area contributed by atoms with Crippen LogP contribution in [-0.4, -0.2) is 61.5 Å². The van der Waals surface area contributed by atoms with Gasteiger partial charge in [0.15, 0.2) is 0 Å². The number of hydrogen-bond acceptors (Lipinski definition) is 4. The van der Waals surface area contributed by atoms with E-state index in [0.717, 1.165) is 45.6 Å². The van der Waals surface area contributed by atoms with E-state index in [4.69, 9.17) is 4.74 Å². The van der Waals surface area contributed by atoms with Crippen LogP contribution in [0.2, 0.25) is 0 Å². The summed E-state index contributed by atoms with van der Waals surface area (Å²) in [6.45, 7) is 8.33. The molecule has 2 heterocycles. The van der Waals surface area contributed by atoms with Gasteiger partial charge in [-0.05, 0) is 24.3 Å². The van der Waals surface area contributed by atoms with Crippen LogP contribution in [0.5, 0.6) is 0 Å². The van der Waals surface area contributed by atoms with E-state index in [1.54, 1.807) is 0 Å². The zero-order valence-corrected chi connectivity index (χ0v) is 16.8. The Bertz CT molecular complexity index is 661. The predicted octanol–water partition coefficient (Wildman–Crippen LogP) is 2.60. The molecule has 0 unspecified atom stereocenters. The molecule has 0 saturated carbocycles. The first-order valence-corrected chi connectivity index (χ1v) is 10.1. The summed E-state index contributed by atoms with van der Waals surface area (Å²) < 4.78 is 4.79. The highest BCUT2D eigenvalue weighted by Gasteiger charge is 2.52. The first-order valence-electron chi connectivity index (χ1n) is 10.1. The summed E-state index contributed by atoms with van der Waals surface area (Å²) in [5, 5.41) is 0. The van der Waals surface area contributed by atoms with Gasteiger partial charge in [-0.25, -0.2) is 0 Å². The van der Waals surface area contributed by atoms with Gasteiger partial charge in [-0.3, -0.25) is 9.59 Å². The van der Waals surface area contributed by atoms with Gasteiger partial charge in [0.05, 0.1) is 13.5 Å². The van der Waals surface area contributed by atoms with Crippen LogP contribution in [0.3, 0.4) is 0 Å². The first-order chi connectivity index (χ1) is 12.9. The number of benzene rings is 1. The van der Waals surface area contributed by atoms with E-state index >= 15 is 0 Å². The number of carbonyl (C=O) groups is 2. The van der Waals surface area contributed by atoms with Crippen LogP contribution in [0, 0.1) is 17.3 Å². The summed E-state index contributed by atoms with van der Waals surface area (Å²) in [4.78, 5) is 28.6. The Hall–Kier alpha value is -1.88. The standard InChI is InChI=1S/C22H32N2O3/c1-17(2)21(26)24-14-19-13-23(12-10-20(25)27-3)15-22(19,16-24)11-9-18-7-5-4-6-8-18/h4-8,17,19H,9-16H2,1-3H3/t19-,22+/m0/s1. The zero-order chi connectivity index (χ0) is 19.4. The predicted molar refractivity (Wildman–Crippen MR) is 105 cm³/mol. The minimum absolute atomic E-state index is 0.0467. The van der Waals surface area contributed by atoms with Gasteiger partial charge in [-0.2, -0.15) is 0 Å². The average molecular weight is 373 g/mol. The van der Waals surface area contributed by atoms with Crippen LogP contribution in [-0.2, 0) is 20.7 Å². The summed E-state index contributed by atoms with van der Waals surface area (Å²) in [6, 6.07) is 10.6. The van der Waals surface area contributed by atoms with E-state index in [-0.39, 0.29) is 23.2 Å². The van der Waals surface area contributed by atoms with Crippen molar-refractivity contribution in [2.45, 2.75) is 33.1 Å². The van der Waals surface area contributed by atoms with Gasteiger partial charge in [0.2, 0.25) is 5.91 Å². The maximum absolute atomic E-state index is 12.6. The van der Waals surface area contributed by atoms with E-state index in [2.05, 4.69) is 34.1 Å². The molecule has 148 valence electrons. The molecule has 3 rings (SSSR count). The summed E-state index contributed by atoms with van der Waals surface area (Å²) in [5.41, 5.74) is 1.49. The number of carbonyl (C=O) groups excluding carboxylic acids is 2. The average Bonchev–Trinajstić information content (AvgIpc) is 3.18. The number of rotatable bonds is 7. The first kappa shape index (κ1) is 19.9. The van der Waals surface area contributed by atoms with Crippen molar-refractivity contribution in [1.82, 2.24) is 9.80 Å². The highest BCUT2D eigenvalue weighted by Crippen LogP contribution is 2.46. The molecule has 0 bridgehead atoms. The van der Waals surface area contributed by atoms with E-state index in [1.807, 2.05) is 19.9 Å². The van der Waals surface area contributed by atoms with Gasteiger partial charge in [-0.15, -0.1) is 0 Å². The van der Waals surface area contributed by atoms with Gasteiger partial charge >= 0.3 is 5.97 Å². The highest BCUT2D eigenvalue weighted by atomic mass is 16.5. The molecule has 0 radical (unpaired) electrons. The molecular weight excluding hydrogens is 340 g/mol. The molecule has 2 atom stereocenters. The van der Waals surface area contributed by atoms with E-state index in [0.29, 0.717) is 12.3 Å². The van der Waals surface area contributed by atoms with Crippen molar-refractivity contribution in [2.75, 3.05) is 39.8 Å². The third-order valence-electron chi connectivity index (χ3n) is 6.25. The Morgan fingerprint density at radius 2 is 1.93 bits per heavy atom. The molecule has 0 aromatic heterocycles. The van der Waals surface area contributed by atoms with Gasteiger partial charge in [0, 0.05) is 44.1 Å². The molecule has 5 heteroatoms. The molecule has 2 aliphatic heterocycles. The monoisotopic (exact) mass is 372 g/mol. The molecule has 1 amide bonds. The molecule has 0 aliphatic carbocycles. The quantitative estimate of drug-likeness (QED) is 0.691. The SMILES string of the molecule is COC(=O)CCN1C[C@H]2CN(C(=O)C(C)C)C[C@@]2(CCc2ccccc2)C1. The fourth-order valence-corrected chi connectivity index (χ4v) is 4.74. The molecule has 2 saturated heterocycles. The molecule has 0 spiro atoms. The van der Waals surface area contributed by atoms with Gasteiger partial charge in [-0.1, -0.05) is 44.2 Å². The molecular formula is C22H32N2O3. The van der Waals surface area contributed by atoms with Crippen LogP contribution in [0.4, 0.5) is 0 Å². The van der Waals surface area contributed by atoms with Crippen molar-refractivity contribution in [2.24, 2.45) is 17.3 Å². The smallest absolute Gasteiger partial charge is 0.306 e. The fraction of sp³-hybridized carbons (Fsp3) is 0.636. The molecule has 1 aromatic rings.